The summed E-state index contributed by atoms with van der Waals surface area (Å²) in [4.78, 5) is 13.0. The number of carbonyl (C=O) groups is 1. The number of hydrogen-bond donors (Lipinski definition) is 1. The van der Waals surface area contributed by atoms with Crippen molar-refractivity contribution in [2.45, 2.75) is 25.1 Å². The van der Waals surface area contributed by atoms with Crippen LogP contribution in [-0.4, -0.2) is 29.6 Å². The molecule has 1 aliphatic rings. The van der Waals surface area contributed by atoms with Gasteiger partial charge in [0.1, 0.15) is 6.54 Å². The second-order valence-electron chi connectivity index (χ2n) is 4.49. The molecule has 0 radical (unpaired) electrons. The Labute approximate surface area is 113 Å². The third-order valence-corrected chi connectivity index (χ3v) is 3.28. The van der Waals surface area contributed by atoms with Gasteiger partial charge in [-0.2, -0.15) is 13.2 Å². The van der Waals surface area contributed by atoms with Crippen LogP contribution in [0.15, 0.2) is 18.2 Å². The molecule has 2 rings (SSSR count). The van der Waals surface area contributed by atoms with Gasteiger partial charge in [0.2, 0.25) is 0 Å². The van der Waals surface area contributed by atoms with Crippen LogP contribution in [0.3, 0.4) is 0 Å². The molecular formula is C12H12ClF3N2O. The Morgan fingerprint density at radius 2 is 2.05 bits per heavy atom. The van der Waals surface area contributed by atoms with Crippen LogP contribution in [0.25, 0.3) is 0 Å². The number of carbonyl (C=O) groups excluding carboxylic acids is 1. The first kappa shape index (κ1) is 14.0. The number of benzene rings is 1. The number of nitrogens with zero attached hydrogens (tertiary/aromatic N) is 1. The highest BCUT2D eigenvalue weighted by Gasteiger charge is 2.41. The van der Waals surface area contributed by atoms with E-state index in [2.05, 4.69) is 0 Å². The predicted octanol–water partition coefficient (Wildman–Crippen LogP) is 3.09. The lowest BCUT2D eigenvalue weighted by atomic mass is 10.1. The zero-order valence-corrected chi connectivity index (χ0v) is 10.6. The first-order chi connectivity index (χ1) is 8.79. The molecule has 1 aromatic rings. The molecule has 0 bridgehead atoms. The van der Waals surface area contributed by atoms with Gasteiger partial charge in [-0.3, -0.25) is 4.79 Å². The summed E-state index contributed by atoms with van der Waals surface area (Å²) in [5.41, 5.74) is 5.74. The third kappa shape index (κ3) is 3.32. The zero-order chi connectivity index (χ0) is 14.2. The fourth-order valence-electron chi connectivity index (χ4n) is 1.82. The van der Waals surface area contributed by atoms with Crippen LogP contribution in [0, 0.1) is 0 Å². The number of rotatable bonds is 3. The van der Waals surface area contributed by atoms with Gasteiger partial charge < -0.3 is 10.6 Å². The Kier molecular flexibility index (Phi) is 3.62. The Bertz CT molecular complexity index is 500. The van der Waals surface area contributed by atoms with Crippen LogP contribution >= 0.6 is 11.6 Å². The van der Waals surface area contributed by atoms with Gasteiger partial charge in [-0.05, 0) is 25.0 Å². The van der Waals surface area contributed by atoms with E-state index < -0.39 is 18.6 Å². The molecule has 1 aliphatic carbocycles. The summed E-state index contributed by atoms with van der Waals surface area (Å²) in [5, 5.41) is 0.000300. The predicted molar refractivity (Wildman–Crippen MR) is 66.0 cm³/mol. The Hall–Kier alpha value is -1.43. The standard InChI is InChI=1S/C12H12ClF3N2O/c13-10-8(2-1-3-9(10)17)11(19)18(7-4-5-7)6-12(14,15)16/h1-3,7H,4-6,17H2. The highest BCUT2D eigenvalue weighted by atomic mass is 35.5. The Morgan fingerprint density at radius 3 is 2.58 bits per heavy atom. The Morgan fingerprint density at radius 1 is 1.42 bits per heavy atom. The summed E-state index contributed by atoms with van der Waals surface area (Å²) >= 11 is 5.87. The Balaban J connectivity index is 2.27. The van der Waals surface area contributed by atoms with Gasteiger partial charge in [0, 0.05) is 6.04 Å². The highest BCUT2D eigenvalue weighted by Crippen LogP contribution is 2.33. The molecule has 2 N–H and O–H groups in total. The monoisotopic (exact) mass is 292 g/mol. The molecule has 3 nitrogen and oxygen atoms in total. The second kappa shape index (κ2) is 4.92. The largest absolute Gasteiger partial charge is 0.406 e. The molecule has 0 aliphatic heterocycles. The van der Waals surface area contributed by atoms with Crippen molar-refractivity contribution in [1.82, 2.24) is 4.90 Å². The molecule has 1 aromatic carbocycles. The van der Waals surface area contributed by atoms with Crippen molar-refractivity contribution in [1.29, 1.82) is 0 Å². The normalized spacial score (nSPS) is 15.4. The van der Waals surface area contributed by atoms with Crippen molar-refractivity contribution in [2.24, 2.45) is 0 Å². The van der Waals surface area contributed by atoms with Crippen molar-refractivity contribution in [3.05, 3.63) is 28.8 Å². The van der Waals surface area contributed by atoms with Gasteiger partial charge in [0.25, 0.3) is 5.91 Å². The lowest BCUT2D eigenvalue weighted by Crippen LogP contribution is -2.40. The minimum absolute atomic E-state index is 0.000300. The van der Waals surface area contributed by atoms with Gasteiger partial charge >= 0.3 is 6.18 Å². The van der Waals surface area contributed by atoms with Gasteiger partial charge in [0.05, 0.1) is 16.3 Å². The number of amides is 1. The first-order valence-corrected chi connectivity index (χ1v) is 6.09. The molecule has 0 aromatic heterocycles. The quantitative estimate of drug-likeness (QED) is 0.870. The van der Waals surface area contributed by atoms with Crippen LogP contribution in [-0.2, 0) is 0 Å². The molecule has 0 unspecified atom stereocenters. The average Bonchev–Trinajstić information content (AvgIpc) is 3.12. The summed E-state index contributed by atoms with van der Waals surface area (Å²) in [6.45, 7) is -1.26. The first-order valence-electron chi connectivity index (χ1n) is 5.71. The smallest absolute Gasteiger partial charge is 0.398 e. The summed E-state index contributed by atoms with van der Waals surface area (Å²) in [5.74, 6) is -0.725. The topological polar surface area (TPSA) is 46.3 Å². The SMILES string of the molecule is Nc1cccc(C(=O)N(CC(F)(F)F)C2CC2)c1Cl. The summed E-state index contributed by atoms with van der Waals surface area (Å²) < 4.78 is 37.5. The molecule has 1 saturated carbocycles. The fourth-order valence-corrected chi connectivity index (χ4v) is 2.02. The molecule has 19 heavy (non-hydrogen) atoms. The van der Waals surface area contributed by atoms with Crippen molar-refractivity contribution >= 4 is 23.2 Å². The van der Waals surface area contributed by atoms with Gasteiger partial charge in [-0.25, -0.2) is 0 Å². The van der Waals surface area contributed by atoms with E-state index in [9.17, 15) is 18.0 Å². The molecular weight excluding hydrogens is 281 g/mol. The summed E-state index contributed by atoms with van der Waals surface area (Å²) in [6, 6.07) is 4.01. The minimum Gasteiger partial charge on any atom is -0.398 e. The third-order valence-electron chi connectivity index (χ3n) is 2.86. The van der Waals surface area contributed by atoms with Crippen LogP contribution in [0.1, 0.15) is 23.2 Å². The van der Waals surface area contributed by atoms with E-state index in [0.29, 0.717) is 12.8 Å². The molecule has 7 heteroatoms. The molecule has 0 heterocycles. The van der Waals surface area contributed by atoms with Gasteiger partial charge in [-0.1, -0.05) is 17.7 Å². The maximum atomic E-state index is 12.5. The van der Waals surface area contributed by atoms with Crippen LogP contribution in [0.5, 0.6) is 0 Å². The van der Waals surface area contributed by atoms with Crippen molar-refractivity contribution < 1.29 is 18.0 Å². The number of nitrogens with two attached hydrogens (primary N) is 1. The second-order valence-corrected chi connectivity index (χ2v) is 4.87. The van der Waals surface area contributed by atoms with Gasteiger partial charge in [0.15, 0.2) is 0 Å². The molecule has 104 valence electrons. The van der Waals surface area contributed by atoms with Gasteiger partial charge in [-0.15, -0.1) is 0 Å². The number of nitrogen functional groups attached to an aromatic ring is 1. The average molecular weight is 293 g/mol. The lowest BCUT2D eigenvalue weighted by Gasteiger charge is -2.24. The molecule has 1 amide bonds. The van der Waals surface area contributed by atoms with E-state index in [4.69, 9.17) is 17.3 Å². The number of alkyl halides is 3. The van der Waals surface area contributed by atoms with E-state index in [-0.39, 0.29) is 22.3 Å². The molecule has 0 atom stereocenters. The summed E-state index contributed by atoms with van der Waals surface area (Å²) in [6.07, 6.45) is -3.26. The van der Waals surface area contributed by atoms with Crippen molar-refractivity contribution in [3.8, 4) is 0 Å². The van der Waals surface area contributed by atoms with E-state index >= 15 is 0 Å². The van der Waals surface area contributed by atoms with E-state index in [1.807, 2.05) is 0 Å². The zero-order valence-electron chi connectivity index (χ0n) is 9.88. The van der Waals surface area contributed by atoms with Crippen LogP contribution in [0.4, 0.5) is 18.9 Å². The maximum Gasteiger partial charge on any atom is 0.406 e. The highest BCUT2D eigenvalue weighted by molar-refractivity contribution is 6.36. The number of halogens is 4. The summed E-state index contributed by atoms with van der Waals surface area (Å²) in [7, 11) is 0. The number of anilines is 1. The van der Waals surface area contributed by atoms with E-state index in [1.165, 1.54) is 18.2 Å². The lowest BCUT2D eigenvalue weighted by molar-refractivity contribution is -0.141. The molecule has 0 spiro atoms. The van der Waals surface area contributed by atoms with E-state index in [0.717, 1.165) is 4.90 Å². The maximum absolute atomic E-state index is 12.5. The van der Waals surface area contributed by atoms with Crippen molar-refractivity contribution in [3.63, 3.8) is 0 Å². The molecule has 0 saturated heterocycles. The van der Waals surface area contributed by atoms with Crippen LogP contribution < -0.4 is 5.73 Å². The fraction of sp³-hybridized carbons (Fsp3) is 0.417. The number of hydrogen-bond acceptors (Lipinski definition) is 2. The van der Waals surface area contributed by atoms with Crippen molar-refractivity contribution in [2.75, 3.05) is 12.3 Å². The van der Waals surface area contributed by atoms with Crippen LogP contribution in [0.2, 0.25) is 5.02 Å². The minimum atomic E-state index is -4.43. The molecule has 1 fully saturated rings. The van der Waals surface area contributed by atoms with E-state index in [1.54, 1.807) is 0 Å².